The Hall–Kier alpha value is -2.21. The molecule has 134 valence electrons. The normalized spacial score (nSPS) is 19.4. The maximum absolute atomic E-state index is 12.6. The molecule has 0 spiro atoms. The predicted molar refractivity (Wildman–Crippen MR) is 91.5 cm³/mol. The minimum absolute atomic E-state index is 0.109. The van der Waals surface area contributed by atoms with Crippen molar-refractivity contribution in [1.82, 2.24) is 10.2 Å². The summed E-state index contributed by atoms with van der Waals surface area (Å²) in [5, 5.41) is 2.81. The summed E-state index contributed by atoms with van der Waals surface area (Å²) in [6, 6.07) is 9.43. The van der Waals surface area contributed by atoms with Crippen LogP contribution in [0.1, 0.15) is 50.2 Å². The van der Waals surface area contributed by atoms with Crippen LogP contribution in [0.4, 0.5) is 0 Å². The van der Waals surface area contributed by atoms with Crippen molar-refractivity contribution in [2.75, 3.05) is 13.1 Å². The fraction of sp³-hybridized carbons (Fsp3) is 0.526. The van der Waals surface area contributed by atoms with Gasteiger partial charge in [-0.15, -0.1) is 0 Å². The van der Waals surface area contributed by atoms with E-state index in [9.17, 15) is 14.4 Å². The van der Waals surface area contributed by atoms with Gasteiger partial charge in [0.25, 0.3) is 5.91 Å². The summed E-state index contributed by atoms with van der Waals surface area (Å²) in [7, 11) is 0. The molecule has 3 rings (SSSR count). The topological polar surface area (TPSA) is 75.7 Å². The first-order chi connectivity index (χ1) is 12.1. The summed E-state index contributed by atoms with van der Waals surface area (Å²) in [5.74, 6) is -0.556. The molecule has 0 unspecified atom stereocenters. The number of carbonyl (C=O) groups is 3. The third kappa shape index (κ3) is 4.45. The van der Waals surface area contributed by atoms with Crippen LogP contribution in [0.5, 0.6) is 0 Å². The van der Waals surface area contributed by atoms with E-state index in [1.54, 1.807) is 0 Å². The highest BCUT2D eigenvalue weighted by Crippen LogP contribution is 2.28. The number of nitrogens with zero attached hydrogens (tertiary/aromatic N) is 1. The first-order valence-electron chi connectivity index (χ1n) is 8.96. The van der Waals surface area contributed by atoms with Gasteiger partial charge < -0.3 is 10.1 Å². The number of amides is 3. The largest absolute Gasteiger partial charge is 0.360 e. The maximum Gasteiger partial charge on any atom is 0.253 e. The van der Waals surface area contributed by atoms with Crippen LogP contribution in [-0.2, 0) is 19.1 Å². The van der Waals surface area contributed by atoms with Gasteiger partial charge in [-0.05, 0) is 18.4 Å². The van der Waals surface area contributed by atoms with E-state index in [1.807, 2.05) is 30.3 Å². The Labute approximate surface area is 147 Å². The lowest BCUT2D eigenvalue weighted by atomic mass is 10.1. The van der Waals surface area contributed by atoms with Crippen molar-refractivity contribution in [3.63, 3.8) is 0 Å². The van der Waals surface area contributed by atoms with Crippen LogP contribution in [0, 0.1) is 0 Å². The van der Waals surface area contributed by atoms with Gasteiger partial charge in [-0.1, -0.05) is 43.2 Å². The second kappa shape index (κ2) is 8.25. The van der Waals surface area contributed by atoms with Gasteiger partial charge in [0.05, 0.1) is 6.10 Å². The first kappa shape index (κ1) is 17.6. The zero-order valence-electron chi connectivity index (χ0n) is 14.3. The second-order valence-corrected chi connectivity index (χ2v) is 6.56. The van der Waals surface area contributed by atoms with Crippen LogP contribution < -0.4 is 5.32 Å². The molecule has 6 nitrogen and oxygen atoms in total. The molecule has 2 aliphatic rings. The molecule has 1 heterocycles. The molecule has 2 fully saturated rings. The van der Waals surface area contributed by atoms with Gasteiger partial charge in [0.2, 0.25) is 11.8 Å². The molecule has 1 aliphatic carbocycles. The van der Waals surface area contributed by atoms with Crippen LogP contribution >= 0.6 is 0 Å². The molecule has 1 atom stereocenters. The molecule has 1 aromatic rings. The van der Waals surface area contributed by atoms with Crippen molar-refractivity contribution in [2.24, 2.45) is 0 Å². The SMILES string of the molecule is O=C(NCCN1C(=O)CCC1=O)[C@@H](OC1CCCC1)c1ccccc1. The van der Waals surface area contributed by atoms with Gasteiger partial charge in [-0.2, -0.15) is 0 Å². The van der Waals surface area contributed by atoms with Gasteiger partial charge in [-0.3, -0.25) is 19.3 Å². The second-order valence-electron chi connectivity index (χ2n) is 6.56. The molecule has 1 saturated carbocycles. The molecule has 3 amide bonds. The van der Waals surface area contributed by atoms with E-state index in [1.165, 1.54) is 4.90 Å². The van der Waals surface area contributed by atoms with Crippen molar-refractivity contribution in [1.29, 1.82) is 0 Å². The molecule has 1 saturated heterocycles. The average molecular weight is 344 g/mol. The number of nitrogens with one attached hydrogen (secondary N) is 1. The third-order valence-corrected chi connectivity index (χ3v) is 4.76. The Morgan fingerprint density at radius 2 is 1.76 bits per heavy atom. The van der Waals surface area contributed by atoms with E-state index in [4.69, 9.17) is 4.74 Å². The minimum Gasteiger partial charge on any atom is -0.360 e. The quantitative estimate of drug-likeness (QED) is 0.767. The molecule has 0 bridgehead atoms. The highest BCUT2D eigenvalue weighted by molar-refractivity contribution is 6.01. The molecule has 1 aliphatic heterocycles. The zero-order valence-corrected chi connectivity index (χ0v) is 14.3. The fourth-order valence-electron chi connectivity index (χ4n) is 3.39. The van der Waals surface area contributed by atoms with E-state index in [0.717, 1.165) is 31.2 Å². The van der Waals surface area contributed by atoms with Crippen LogP contribution in [-0.4, -0.2) is 41.8 Å². The number of likely N-dealkylation sites (tertiary alicyclic amines) is 1. The molecule has 1 N–H and O–H groups in total. The van der Waals surface area contributed by atoms with Gasteiger partial charge in [0.15, 0.2) is 6.10 Å². The van der Waals surface area contributed by atoms with E-state index in [-0.39, 0.29) is 49.8 Å². The lowest BCUT2D eigenvalue weighted by molar-refractivity contribution is -0.140. The number of rotatable bonds is 7. The Bertz CT molecular complexity index is 610. The predicted octanol–water partition coefficient (Wildman–Crippen LogP) is 1.95. The van der Waals surface area contributed by atoms with Crippen LogP contribution in [0.25, 0.3) is 0 Å². The van der Waals surface area contributed by atoms with Crippen LogP contribution in [0.15, 0.2) is 30.3 Å². The lowest BCUT2D eigenvalue weighted by Crippen LogP contribution is -2.40. The standard InChI is InChI=1S/C19H24N2O4/c22-16-10-11-17(23)21(16)13-12-20-19(24)18(14-6-2-1-3-7-14)25-15-8-4-5-9-15/h1-3,6-7,15,18H,4-5,8-13H2,(H,20,24)/t18-/m0/s1. The highest BCUT2D eigenvalue weighted by atomic mass is 16.5. The Kier molecular flexibility index (Phi) is 5.81. The van der Waals surface area contributed by atoms with E-state index in [0.29, 0.717) is 0 Å². The Morgan fingerprint density at radius 1 is 1.12 bits per heavy atom. The van der Waals surface area contributed by atoms with Gasteiger partial charge in [0.1, 0.15) is 0 Å². The van der Waals surface area contributed by atoms with E-state index < -0.39 is 6.10 Å². The molecule has 1 aromatic carbocycles. The maximum atomic E-state index is 12.6. The van der Waals surface area contributed by atoms with Crippen molar-refractivity contribution < 1.29 is 19.1 Å². The summed E-state index contributed by atoms with van der Waals surface area (Å²) < 4.78 is 6.06. The van der Waals surface area contributed by atoms with Crippen molar-refractivity contribution >= 4 is 17.7 Å². The van der Waals surface area contributed by atoms with E-state index in [2.05, 4.69) is 5.32 Å². The smallest absolute Gasteiger partial charge is 0.253 e. The number of hydrogen-bond donors (Lipinski definition) is 1. The minimum atomic E-state index is -0.658. The molecule has 0 aromatic heterocycles. The molecular weight excluding hydrogens is 320 g/mol. The molecule has 25 heavy (non-hydrogen) atoms. The summed E-state index contributed by atoms with van der Waals surface area (Å²) in [4.78, 5) is 37.1. The van der Waals surface area contributed by atoms with Gasteiger partial charge in [0, 0.05) is 25.9 Å². The zero-order chi connectivity index (χ0) is 17.6. The van der Waals surface area contributed by atoms with Crippen LogP contribution in [0.2, 0.25) is 0 Å². The number of carbonyl (C=O) groups excluding carboxylic acids is 3. The van der Waals surface area contributed by atoms with Crippen molar-refractivity contribution in [3.05, 3.63) is 35.9 Å². The van der Waals surface area contributed by atoms with Crippen LogP contribution in [0.3, 0.4) is 0 Å². The monoisotopic (exact) mass is 344 g/mol. The van der Waals surface area contributed by atoms with Gasteiger partial charge in [-0.25, -0.2) is 0 Å². The molecular formula is C19H24N2O4. The summed E-state index contributed by atoms with van der Waals surface area (Å²) in [6.45, 7) is 0.460. The third-order valence-electron chi connectivity index (χ3n) is 4.76. The van der Waals surface area contributed by atoms with Crippen molar-refractivity contribution in [2.45, 2.75) is 50.7 Å². The summed E-state index contributed by atoms with van der Waals surface area (Å²) in [5.41, 5.74) is 0.820. The number of ether oxygens (including phenoxy) is 1. The van der Waals surface area contributed by atoms with Crippen molar-refractivity contribution in [3.8, 4) is 0 Å². The lowest BCUT2D eigenvalue weighted by Gasteiger charge is -2.22. The summed E-state index contributed by atoms with van der Waals surface area (Å²) in [6.07, 6.45) is 4.21. The van der Waals surface area contributed by atoms with Gasteiger partial charge >= 0.3 is 0 Å². The first-order valence-corrected chi connectivity index (χ1v) is 8.96. The Morgan fingerprint density at radius 3 is 2.40 bits per heavy atom. The number of hydrogen-bond acceptors (Lipinski definition) is 4. The van der Waals surface area contributed by atoms with E-state index >= 15 is 0 Å². The average Bonchev–Trinajstić information content (AvgIpc) is 3.25. The Balaban J connectivity index is 1.58. The summed E-state index contributed by atoms with van der Waals surface area (Å²) >= 11 is 0. The fourth-order valence-corrected chi connectivity index (χ4v) is 3.39. The number of imide groups is 1. The highest BCUT2D eigenvalue weighted by Gasteiger charge is 2.30. The number of benzene rings is 1. The molecule has 0 radical (unpaired) electrons. The molecule has 6 heteroatoms.